The number of nitrogens with one attached hydrogen (secondary N) is 2. The first-order valence-corrected chi connectivity index (χ1v) is 8.85. The number of aromatic nitrogens is 1. The fourth-order valence-corrected chi connectivity index (χ4v) is 2.84. The SMILES string of the molecule is CC(=O)Nc1cccc(Oc2ccc(-c3cc(C(N)=O)c(=O)[nH]c3C(F)(F)F)cc2)c1. The Balaban J connectivity index is 1.95. The summed E-state index contributed by atoms with van der Waals surface area (Å²) in [6, 6.07) is 12.9. The number of nitrogens with two attached hydrogens (primary N) is 1. The van der Waals surface area contributed by atoms with Crippen LogP contribution in [0.15, 0.2) is 59.4 Å². The molecule has 160 valence electrons. The van der Waals surface area contributed by atoms with Crippen molar-refractivity contribution in [3.05, 3.63) is 76.2 Å². The maximum Gasteiger partial charge on any atom is 0.431 e. The summed E-state index contributed by atoms with van der Waals surface area (Å²) in [6.45, 7) is 1.36. The van der Waals surface area contributed by atoms with Crippen molar-refractivity contribution in [2.24, 2.45) is 5.73 Å². The van der Waals surface area contributed by atoms with Crippen molar-refractivity contribution in [3.63, 3.8) is 0 Å². The van der Waals surface area contributed by atoms with Gasteiger partial charge in [0.2, 0.25) is 5.91 Å². The Hall–Kier alpha value is -4.08. The molecule has 0 unspecified atom stereocenters. The van der Waals surface area contributed by atoms with Gasteiger partial charge >= 0.3 is 6.18 Å². The van der Waals surface area contributed by atoms with Crippen LogP contribution >= 0.6 is 0 Å². The van der Waals surface area contributed by atoms with Gasteiger partial charge in [0.15, 0.2) is 0 Å². The first-order valence-electron chi connectivity index (χ1n) is 8.85. The molecule has 0 aliphatic carbocycles. The Morgan fingerprint density at radius 2 is 1.71 bits per heavy atom. The summed E-state index contributed by atoms with van der Waals surface area (Å²) in [7, 11) is 0. The van der Waals surface area contributed by atoms with Gasteiger partial charge in [0.1, 0.15) is 22.8 Å². The van der Waals surface area contributed by atoms with Crippen LogP contribution in [0.5, 0.6) is 11.5 Å². The monoisotopic (exact) mass is 431 g/mol. The van der Waals surface area contributed by atoms with Crippen molar-refractivity contribution in [2.75, 3.05) is 5.32 Å². The van der Waals surface area contributed by atoms with E-state index in [9.17, 15) is 27.6 Å². The van der Waals surface area contributed by atoms with Crippen molar-refractivity contribution < 1.29 is 27.5 Å². The zero-order chi connectivity index (χ0) is 22.8. The van der Waals surface area contributed by atoms with Crippen LogP contribution in [0.2, 0.25) is 0 Å². The highest BCUT2D eigenvalue weighted by molar-refractivity contribution is 5.94. The molecule has 3 rings (SSSR count). The number of carbonyl (C=O) groups excluding carboxylic acids is 2. The lowest BCUT2D eigenvalue weighted by molar-refractivity contribution is -0.140. The minimum atomic E-state index is -4.86. The van der Waals surface area contributed by atoms with E-state index in [0.29, 0.717) is 17.2 Å². The number of carbonyl (C=O) groups is 2. The molecule has 1 aromatic heterocycles. The number of pyridine rings is 1. The molecule has 2 aromatic carbocycles. The first kappa shape index (κ1) is 21.6. The first-order chi connectivity index (χ1) is 14.5. The van der Waals surface area contributed by atoms with E-state index in [-0.39, 0.29) is 11.5 Å². The number of ether oxygens (including phenoxy) is 1. The van der Waals surface area contributed by atoms with Crippen molar-refractivity contribution in [1.29, 1.82) is 0 Å². The van der Waals surface area contributed by atoms with Crippen LogP contribution in [-0.4, -0.2) is 16.8 Å². The lowest BCUT2D eigenvalue weighted by Gasteiger charge is -2.14. The number of alkyl halides is 3. The summed E-state index contributed by atoms with van der Waals surface area (Å²) in [4.78, 5) is 36.0. The Kier molecular flexibility index (Phi) is 5.82. The predicted octanol–water partition coefficient (Wildman–Crippen LogP) is 3.91. The third kappa shape index (κ3) is 5.10. The second-order valence-corrected chi connectivity index (χ2v) is 6.50. The molecular weight excluding hydrogens is 415 g/mol. The maximum atomic E-state index is 13.4. The third-order valence-electron chi connectivity index (χ3n) is 4.15. The van der Waals surface area contributed by atoms with E-state index in [1.165, 1.54) is 31.2 Å². The third-order valence-corrected chi connectivity index (χ3v) is 4.15. The molecule has 0 bridgehead atoms. The number of hydrogen-bond donors (Lipinski definition) is 3. The Bertz CT molecular complexity index is 1200. The van der Waals surface area contributed by atoms with Crippen LogP contribution in [0.4, 0.5) is 18.9 Å². The minimum absolute atomic E-state index is 0.0884. The van der Waals surface area contributed by atoms with Gasteiger partial charge in [-0.1, -0.05) is 18.2 Å². The smallest absolute Gasteiger partial charge is 0.431 e. The Labute approximate surface area is 173 Å². The standard InChI is InChI=1S/C21H16F3N3O4/c1-11(28)26-13-3-2-4-15(9-13)31-14-7-5-12(6-8-14)16-10-17(19(25)29)20(30)27-18(16)21(22,23)24/h2-10H,1H3,(H2,25,29)(H,26,28)(H,27,30). The summed E-state index contributed by atoms with van der Waals surface area (Å²) in [6.07, 6.45) is -4.86. The van der Waals surface area contributed by atoms with E-state index >= 15 is 0 Å². The predicted molar refractivity (Wildman–Crippen MR) is 107 cm³/mol. The summed E-state index contributed by atoms with van der Waals surface area (Å²) in [5.74, 6) is -0.680. The van der Waals surface area contributed by atoms with Crippen LogP contribution in [0, 0.1) is 0 Å². The fraction of sp³-hybridized carbons (Fsp3) is 0.0952. The summed E-state index contributed by atoms with van der Waals surface area (Å²) >= 11 is 0. The topological polar surface area (TPSA) is 114 Å². The molecule has 7 nitrogen and oxygen atoms in total. The van der Waals surface area contributed by atoms with Crippen LogP contribution in [-0.2, 0) is 11.0 Å². The van der Waals surface area contributed by atoms with Gasteiger partial charge in [-0.2, -0.15) is 13.2 Å². The van der Waals surface area contributed by atoms with Crippen LogP contribution in [0.1, 0.15) is 23.0 Å². The lowest BCUT2D eigenvalue weighted by Crippen LogP contribution is -2.27. The Morgan fingerprint density at radius 1 is 1.03 bits per heavy atom. The van der Waals surface area contributed by atoms with Crippen molar-refractivity contribution in [1.82, 2.24) is 4.98 Å². The number of aromatic amines is 1. The second kappa shape index (κ2) is 8.34. The van der Waals surface area contributed by atoms with Crippen molar-refractivity contribution in [3.8, 4) is 22.6 Å². The highest BCUT2D eigenvalue weighted by Gasteiger charge is 2.36. The normalized spacial score (nSPS) is 11.1. The molecule has 1 heterocycles. The number of hydrogen-bond acceptors (Lipinski definition) is 4. The maximum absolute atomic E-state index is 13.4. The number of anilines is 1. The highest BCUT2D eigenvalue weighted by atomic mass is 19.4. The molecular formula is C21H16F3N3O4. The van der Waals surface area contributed by atoms with E-state index in [1.54, 1.807) is 29.2 Å². The van der Waals surface area contributed by atoms with Gasteiger partial charge in [-0.15, -0.1) is 0 Å². The molecule has 2 amide bonds. The number of primary amides is 1. The van der Waals surface area contributed by atoms with Crippen LogP contribution < -0.4 is 21.3 Å². The zero-order valence-electron chi connectivity index (χ0n) is 16.0. The van der Waals surface area contributed by atoms with Crippen LogP contribution in [0.3, 0.4) is 0 Å². The van der Waals surface area contributed by atoms with Crippen molar-refractivity contribution >= 4 is 17.5 Å². The van der Waals surface area contributed by atoms with Gasteiger partial charge in [-0.05, 0) is 35.9 Å². The van der Waals surface area contributed by atoms with Crippen LogP contribution in [0.25, 0.3) is 11.1 Å². The molecule has 10 heteroatoms. The molecule has 4 N–H and O–H groups in total. The van der Waals surface area contributed by atoms with E-state index in [2.05, 4.69) is 5.32 Å². The zero-order valence-corrected chi connectivity index (χ0v) is 16.0. The molecule has 0 aliphatic heterocycles. The van der Waals surface area contributed by atoms with Gasteiger partial charge in [-0.25, -0.2) is 0 Å². The second-order valence-electron chi connectivity index (χ2n) is 6.50. The van der Waals surface area contributed by atoms with Gasteiger partial charge in [0.25, 0.3) is 11.5 Å². The molecule has 3 aromatic rings. The number of benzene rings is 2. The highest BCUT2D eigenvalue weighted by Crippen LogP contribution is 2.36. The summed E-state index contributed by atoms with van der Waals surface area (Å²) < 4.78 is 45.9. The fourth-order valence-electron chi connectivity index (χ4n) is 2.84. The molecule has 0 saturated heterocycles. The molecule has 31 heavy (non-hydrogen) atoms. The van der Waals surface area contributed by atoms with E-state index in [1.807, 2.05) is 0 Å². The summed E-state index contributed by atoms with van der Waals surface area (Å²) in [5, 5.41) is 2.61. The number of H-pyrrole nitrogens is 1. The van der Waals surface area contributed by atoms with Crippen molar-refractivity contribution in [2.45, 2.75) is 13.1 Å². The van der Waals surface area contributed by atoms with E-state index < -0.39 is 34.5 Å². The number of halogens is 3. The van der Waals surface area contributed by atoms with Gasteiger partial charge in [-0.3, -0.25) is 14.4 Å². The quantitative estimate of drug-likeness (QED) is 0.568. The average molecular weight is 431 g/mol. The molecule has 0 radical (unpaired) electrons. The van der Waals surface area contributed by atoms with E-state index in [0.717, 1.165) is 6.07 Å². The van der Waals surface area contributed by atoms with E-state index in [4.69, 9.17) is 10.5 Å². The minimum Gasteiger partial charge on any atom is -0.457 e. The molecule has 0 spiro atoms. The largest absolute Gasteiger partial charge is 0.457 e. The van der Waals surface area contributed by atoms with Gasteiger partial charge in [0.05, 0.1) is 0 Å². The molecule has 0 fully saturated rings. The molecule has 0 atom stereocenters. The van der Waals surface area contributed by atoms with Gasteiger partial charge in [0, 0.05) is 24.2 Å². The molecule has 0 aliphatic rings. The lowest BCUT2D eigenvalue weighted by atomic mass is 10.0. The van der Waals surface area contributed by atoms with Gasteiger partial charge < -0.3 is 20.8 Å². The summed E-state index contributed by atoms with van der Waals surface area (Å²) in [5.41, 5.74) is 2.19. The Morgan fingerprint density at radius 3 is 2.29 bits per heavy atom. The number of rotatable bonds is 5. The average Bonchev–Trinajstić information content (AvgIpc) is 2.67. The molecule has 0 saturated carbocycles. The number of amides is 2.